The first-order chi connectivity index (χ1) is 11.1. The fourth-order valence-electron chi connectivity index (χ4n) is 2.02. The molecule has 0 spiro atoms. The third-order valence-electron chi connectivity index (χ3n) is 3.18. The van der Waals surface area contributed by atoms with Crippen LogP contribution >= 0.6 is 0 Å². The normalized spacial score (nSPS) is 10.0. The molecule has 0 fully saturated rings. The summed E-state index contributed by atoms with van der Waals surface area (Å²) in [5, 5.41) is 4.93. The zero-order chi connectivity index (χ0) is 16.7. The van der Waals surface area contributed by atoms with Crippen molar-refractivity contribution in [1.29, 1.82) is 0 Å². The lowest BCUT2D eigenvalue weighted by molar-refractivity contribution is -0.136. The lowest BCUT2D eigenvalue weighted by Crippen LogP contribution is -2.36. The molecule has 0 radical (unpaired) electrons. The Labute approximate surface area is 133 Å². The van der Waals surface area contributed by atoms with Crippen LogP contribution in [0.25, 0.3) is 0 Å². The molecule has 2 aromatic carbocycles. The molecule has 2 amide bonds. The van der Waals surface area contributed by atoms with Crippen molar-refractivity contribution in [2.75, 3.05) is 19.0 Å². The van der Waals surface area contributed by atoms with Gasteiger partial charge in [0, 0.05) is 12.2 Å². The summed E-state index contributed by atoms with van der Waals surface area (Å²) in [7, 11) is 1.58. The molecule has 5 nitrogen and oxygen atoms in total. The van der Waals surface area contributed by atoms with Crippen molar-refractivity contribution in [1.82, 2.24) is 5.32 Å². The topological polar surface area (TPSA) is 67.4 Å². The molecule has 120 valence electrons. The SMILES string of the molecule is COc1ccccc1CCNC(=O)C(=O)Nc1ccc(F)cc1. The standard InChI is InChI=1S/C17H17FN2O3/c1-23-15-5-3-2-4-12(15)10-11-19-16(21)17(22)20-14-8-6-13(18)7-9-14/h2-9H,10-11H2,1H3,(H,19,21)(H,20,22). The van der Waals surface area contributed by atoms with Gasteiger partial charge in [-0.15, -0.1) is 0 Å². The first kappa shape index (κ1) is 16.5. The maximum Gasteiger partial charge on any atom is 0.313 e. The summed E-state index contributed by atoms with van der Waals surface area (Å²) >= 11 is 0. The van der Waals surface area contributed by atoms with Crippen molar-refractivity contribution in [3.05, 3.63) is 59.9 Å². The van der Waals surface area contributed by atoms with Gasteiger partial charge in [-0.1, -0.05) is 18.2 Å². The van der Waals surface area contributed by atoms with Crippen molar-refractivity contribution in [3.63, 3.8) is 0 Å². The highest BCUT2D eigenvalue weighted by molar-refractivity contribution is 6.39. The number of carbonyl (C=O) groups excluding carboxylic acids is 2. The van der Waals surface area contributed by atoms with E-state index in [1.807, 2.05) is 24.3 Å². The van der Waals surface area contributed by atoms with Crippen LogP contribution in [0.3, 0.4) is 0 Å². The van der Waals surface area contributed by atoms with Crippen LogP contribution in [0.4, 0.5) is 10.1 Å². The van der Waals surface area contributed by atoms with E-state index in [1.165, 1.54) is 24.3 Å². The zero-order valence-electron chi connectivity index (χ0n) is 12.6. The quantitative estimate of drug-likeness (QED) is 0.831. The molecular formula is C17H17FN2O3. The summed E-state index contributed by atoms with van der Waals surface area (Å²) in [5.41, 5.74) is 1.30. The largest absolute Gasteiger partial charge is 0.496 e. The Morgan fingerprint density at radius 1 is 1.04 bits per heavy atom. The number of ether oxygens (including phenoxy) is 1. The van der Waals surface area contributed by atoms with Gasteiger partial charge in [0.2, 0.25) is 0 Å². The van der Waals surface area contributed by atoms with Crippen LogP contribution in [0.2, 0.25) is 0 Å². The number of hydrogen-bond donors (Lipinski definition) is 2. The highest BCUT2D eigenvalue weighted by Crippen LogP contribution is 2.17. The van der Waals surface area contributed by atoms with Gasteiger partial charge in [-0.2, -0.15) is 0 Å². The zero-order valence-corrected chi connectivity index (χ0v) is 12.6. The van der Waals surface area contributed by atoms with Gasteiger partial charge in [0.05, 0.1) is 7.11 Å². The number of benzene rings is 2. The highest BCUT2D eigenvalue weighted by atomic mass is 19.1. The average Bonchev–Trinajstić information content (AvgIpc) is 2.57. The van der Waals surface area contributed by atoms with Gasteiger partial charge in [-0.05, 0) is 42.3 Å². The maximum absolute atomic E-state index is 12.8. The number of nitrogens with one attached hydrogen (secondary N) is 2. The van der Waals surface area contributed by atoms with Gasteiger partial charge < -0.3 is 15.4 Å². The fourth-order valence-corrected chi connectivity index (χ4v) is 2.02. The Kier molecular flexibility index (Phi) is 5.68. The minimum atomic E-state index is -0.795. The van der Waals surface area contributed by atoms with E-state index in [9.17, 15) is 14.0 Å². The number of hydrogen-bond acceptors (Lipinski definition) is 3. The van der Waals surface area contributed by atoms with Crippen molar-refractivity contribution in [2.24, 2.45) is 0 Å². The van der Waals surface area contributed by atoms with Gasteiger partial charge in [0.25, 0.3) is 0 Å². The lowest BCUT2D eigenvalue weighted by atomic mass is 10.1. The summed E-state index contributed by atoms with van der Waals surface area (Å²) in [4.78, 5) is 23.5. The second-order valence-electron chi connectivity index (χ2n) is 4.78. The van der Waals surface area contributed by atoms with Crippen LogP contribution < -0.4 is 15.4 Å². The molecule has 2 aromatic rings. The maximum atomic E-state index is 12.8. The molecule has 0 bridgehead atoms. The molecular weight excluding hydrogens is 299 g/mol. The molecule has 2 N–H and O–H groups in total. The van der Waals surface area contributed by atoms with Crippen LogP contribution in [-0.2, 0) is 16.0 Å². The summed E-state index contributed by atoms with van der Waals surface area (Å²) in [5.74, 6) is -1.22. The van der Waals surface area contributed by atoms with E-state index in [0.717, 1.165) is 11.3 Å². The van der Waals surface area contributed by atoms with Gasteiger partial charge in [-0.3, -0.25) is 9.59 Å². The predicted octanol–water partition coefficient (Wildman–Crippen LogP) is 2.13. The molecule has 0 heterocycles. The molecule has 0 aromatic heterocycles. The number of anilines is 1. The molecule has 0 saturated heterocycles. The van der Waals surface area contributed by atoms with Crippen LogP contribution in [0, 0.1) is 5.82 Å². The molecule has 0 saturated carbocycles. The first-order valence-electron chi connectivity index (χ1n) is 7.07. The first-order valence-corrected chi connectivity index (χ1v) is 7.07. The Morgan fingerprint density at radius 3 is 2.43 bits per heavy atom. The monoisotopic (exact) mass is 316 g/mol. The summed E-state index contributed by atoms with van der Waals surface area (Å²) < 4.78 is 18.0. The van der Waals surface area contributed by atoms with E-state index in [-0.39, 0.29) is 0 Å². The van der Waals surface area contributed by atoms with Crippen LogP contribution in [0.1, 0.15) is 5.56 Å². The second-order valence-corrected chi connectivity index (χ2v) is 4.78. The summed E-state index contributed by atoms with van der Waals surface area (Å²) in [6, 6.07) is 12.6. The van der Waals surface area contributed by atoms with Gasteiger partial charge in [0.15, 0.2) is 0 Å². The minimum absolute atomic E-state index is 0.302. The van der Waals surface area contributed by atoms with Gasteiger partial charge in [-0.25, -0.2) is 4.39 Å². The Morgan fingerprint density at radius 2 is 1.74 bits per heavy atom. The average molecular weight is 316 g/mol. The van der Waals surface area contributed by atoms with Crippen molar-refractivity contribution in [2.45, 2.75) is 6.42 Å². The van der Waals surface area contributed by atoms with Crippen molar-refractivity contribution >= 4 is 17.5 Å². The number of halogens is 1. The third-order valence-corrected chi connectivity index (χ3v) is 3.18. The number of amides is 2. The van der Waals surface area contributed by atoms with E-state index in [0.29, 0.717) is 18.7 Å². The molecule has 2 rings (SSSR count). The minimum Gasteiger partial charge on any atom is -0.496 e. The van der Waals surface area contributed by atoms with Crippen LogP contribution in [0.5, 0.6) is 5.75 Å². The summed E-state index contributed by atoms with van der Waals surface area (Å²) in [6.07, 6.45) is 0.541. The Balaban J connectivity index is 1.82. The van der Waals surface area contributed by atoms with E-state index < -0.39 is 17.6 Å². The molecule has 23 heavy (non-hydrogen) atoms. The number of rotatable bonds is 5. The number of carbonyl (C=O) groups is 2. The molecule has 0 atom stereocenters. The van der Waals surface area contributed by atoms with Gasteiger partial charge in [0.1, 0.15) is 11.6 Å². The molecule has 0 aliphatic carbocycles. The molecule has 0 unspecified atom stereocenters. The van der Waals surface area contributed by atoms with E-state index in [2.05, 4.69) is 10.6 Å². The van der Waals surface area contributed by atoms with Crippen LogP contribution in [-0.4, -0.2) is 25.5 Å². The fraction of sp³-hybridized carbons (Fsp3) is 0.176. The lowest BCUT2D eigenvalue weighted by Gasteiger charge is -2.09. The number of methoxy groups -OCH3 is 1. The van der Waals surface area contributed by atoms with E-state index >= 15 is 0 Å². The number of para-hydroxylation sites is 1. The second kappa shape index (κ2) is 7.93. The highest BCUT2D eigenvalue weighted by Gasteiger charge is 2.13. The predicted molar refractivity (Wildman–Crippen MR) is 84.7 cm³/mol. The Bertz CT molecular complexity index is 686. The van der Waals surface area contributed by atoms with Crippen molar-refractivity contribution in [3.8, 4) is 5.75 Å². The molecule has 0 aliphatic rings. The van der Waals surface area contributed by atoms with Crippen molar-refractivity contribution < 1.29 is 18.7 Å². The summed E-state index contributed by atoms with van der Waals surface area (Å²) in [6.45, 7) is 0.302. The Hall–Kier alpha value is -2.89. The van der Waals surface area contributed by atoms with E-state index in [1.54, 1.807) is 7.11 Å². The van der Waals surface area contributed by atoms with Crippen LogP contribution in [0.15, 0.2) is 48.5 Å². The van der Waals surface area contributed by atoms with E-state index in [4.69, 9.17) is 4.74 Å². The molecule has 0 aliphatic heterocycles. The van der Waals surface area contributed by atoms with Gasteiger partial charge >= 0.3 is 11.8 Å². The molecule has 6 heteroatoms. The smallest absolute Gasteiger partial charge is 0.313 e. The third kappa shape index (κ3) is 4.81.